The summed E-state index contributed by atoms with van der Waals surface area (Å²) in [7, 11) is 0. The van der Waals surface area contributed by atoms with Crippen LogP contribution in [0, 0.1) is 12.8 Å². The molecule has 1 aliphatic carbocycles. The first-order valence-electron chi connectivity index (χ1n) is 9.88. The van der Waals surface area contributed by atoms with E-state index in [2.05, 4.69) is 72.4 Å². The average molecular weight is 347 g/mol. The highest BCUT2D eigenvalue weighted by Gasteiger charge is 2.44. The van der Waals surface area contributed by atoms with Gasteiger partial charge >= 0.3 is 0 Å². The fourth-order valence-electron chi connectivity index (χ4n) is 4.94. The topological polar surface area (TPSA) is 34.7 Å². The van der Waals surface area contributed by atoms with E-state index >= 15 is 0 Å². The van der Waals surface area contributed by atoms with Crippen molar-refractivity contribution in [2.24, 2.45) is 5.92 Å². The maximum absolute atomic E-state index is 6.49. The Morgan fingerprint density at radius 1 is 1.08 bits per heavy atom. The Balaban J connectivity index is 1.64. The zero-order chi connectivity index (χ0) is 17.7. The zero-order valence-electron chi connectivity index (χ0n) is 15.7. The Morgan fingerprint density at radius 3 is 2.62 bits per heavy atom. The van der Waals surface area contributed by atoms with Crippen molar-refractivity contribution >= 4 is 0 Å². The maximum atomic E-state index is 6.49. The number of aromatic nitrogens is 1. The van der Waals surface area contributed by atoms with E-state index in [-0.39, 0.29) is 5.54 Å². The molecule has 1 saturated carbocycles. The fourth-order valence-corrected chi connectivity index (χ4v) is 4.94. The molecule has 2 aromatic heterocycles. The molecule has 2 N–H and O–H groups in total. The SMILES string of the molecule is Cc1c(-c2ccccc2)oc2c1C[NH2+]C1(CCC(C)CC1)c1cccn1-2. The van der Waals surface area contributed by atoms with Crippen LogP contribution >= 0.6 is 0 Å². The minimum absolute atomic E-state index is 0.205. The lowest BCUT2D eigenvalue weighted by molar-refractivity contribution is -0.754. The molecule has 0 unspecified atom stereocenters. The van der Waals surface area contributed by atoms with Crippen LogP contribution in [-0.2, 0) is 12.1 Å². The van der Waals surface area contributed by atoms with Gasteiger partial charge in [0, 0.05) is 30.2 Å². The van der Waals surface area contributed by atoms with Gasteiger partial charge in [0.25, 0.3) is 0 Å². The van der Waals surface area contributed by atoms with Crippen LogP contribution in [0.25, 0.3) is 17.2 Å². The second kappa shape index (κ2) is 5.88. The molecule has 0 radical (unpaired) electrons. The molecule has 1 aromatic carbocycles. The molecule has 0 bridgehead atoms. The van der Waals surface area contributed by atoms with Gasteiger partial charge in [0.05, 0.1) is 11.3 Å². The highest BCUT2D eigenvalue weighted by molar-refractivity contribution is 5.65. The second-order valence-electron chi connectivity index (χ2n) is 8.22. The lowest BCUT2D eigenvalue weighted by atomic mass is 9.75. The van der Waals surface area contributed by atoms with Crippen molar-refractivity contribution in [3.8, 4) is 17.2 Å². The molecule has 134 valence electrons. The molecule has 0 amide bonds. The van der Waals surface area contributed by atoms with Gasteiger partial charge in [-0.25, -0.2) is 0 Å². The molecule has 2 aliphatic rings. The van der Waals surface area contributed by atoms with Crippen molar-refractivity contribution in [1.29, 1.82) is 0 Å². The molecule has 1 fully saturated rings. The first-order chi connectivity index (χ1) is 12.7. The Hall–Kier alpha value is -2.26. The summed E-state index contributed by atoms with van der Waals surface area (Å²) in [5.41, 5.74) is 5.40. The monoisotopic (exact) mass is 347 g/mol. The molecular weight excluding hydrogens is 320 g/mol. The van der Waals surface area contributed by atoms with Gasteiger partial charge in [-0.1, -0.05) is 37.3 Å². The van der Waals surface area contributed by atoms with Crippen LogP contribution in [0.15, 0.2) is 53.1 Å². The van der Waals surface area contributed by atoms with Crippen LogP contribution in [0.3, 0.4) is 0 Å². The first kappa shape index (κ1) is 16.0. The van der Waals surface area contributed by atoms with Crippen LogP contribution in [0.5, 0.6) is 0 Å². The van der Waals surface area contributed by atoms with E-state index in [1.807, 2.05) is 0 Å². The number of hydrogen-bond acceptors (Lipinski definition) is 1. The zero-order valence-corrected chi connectivity index (χ0v) is 15.7. The molecule has 3 aromatic rings. The van der Waals surface area contributed by atoms with Crippen LogP contribution in [0.4, 0.5) is 0 Å². The third-order valence-corrected chi connectivity index (χ3v) is 6.63. The van der Waals surface area contributed by atoms with E-state index in [0.29, 0.717) is 0 Å². The third-order valence-electron chi connectivity index (χ3n) is 6.63. The highest BCUT2D eigenvalue weighted by atomic mass is 16.4. The number of furan rings is 1. The summed E-state index contributed by atoms with van der Waals surface area (Å²) < 4.78 is 8.81. The third kappa shape index (κ3) is 2.30. The molecule has 3 heteroatoms. The van der Waals surface area contributed by atoms with Crippen molar-refractivity contribution in [1.82, 2.24) is 4.57 Å². The van der Waals surface area contributed by atoms with Gasteiger partial charge in [0.1, 0.15) is 17.8 Å². The van der Waals surface area contributed by atoms with Gasteiger partial charge in [0.15, 0.2) is 0 Å². The maximum Gasteiger partial charge on any atom is 0.213 e. The summed E-state index contributed by atoms with van der Waals surface area (Å²) in [6, 6.07) is 15.0. The first-order valence-corrected chi connectivity index (χ1v) is 9.88. The summed E-state index contributed by atoms with van der Waals surface area (Å²) >= 11 is 0. The molecule has 3 nitrogen and oxygen atoms in total. The van der Waals surface area contributed by atoms with Crippen LogP contribution in [0.2, 0.25) is 0 Å². The van der Waals surface area contributed by atoms with Crippen molar-refractivity contribution in [2.45, 2.75) is 51.6 Å². The molecule has 26 heavy (non-hydrogen) atoms. The van der Waals surface area contributed by atoms with E-state index in [1.54, 1.807) is 0 Å². The molecule has 0 saturated heterocycles. The Morgan fingerprint density at radius 2 is 1.85 bits per heavy atom. The van der Waals surface area contributed by atoms with Crippen molar-refractivity contribution in [2.75, 3.05) is 0 Å². The number of benzene rings is 1. The predicted molar refractivity (Wildman–Crippen MR) is 103 cm³/mol. The Bertz CT molecular complexity index is 927. The standard InChI is InChI=1S/C23H26N2O/c1-16-10-12-23(13-11-16)20-9-6-14-25(20)22-19(15-24-23)17(2)21(26-22)18-7-4-3-5-8-18/h3-9,14,16,24H,10-13,15H2,1-2H3/p+1. The van der Waals surface area contributed by atoms with Crippen molar-refractivity contribution in [3.05, 3.63) is 65.5 Å². The summed E-state index contributed by atoms with van der Waals surface area (Å²) in [4.78, 5) is 0. The van der Waals surface area contributed by atoms with Crippen molar-refractivity contribution < 1.29 is 9.73 Å². The van der Waals surface area contributed by atoms with E-state index in [1.165, 1.54) is 42.5 Å². The quantitative estimate of drug-likeness (QED) is 0.690. The number of rotatable bonds is 1. The summed E-state index contributed by atoms with van der Waals surface area (Å²) in [6.45, 7) is 5.60. The number of nitrogens with zero attached hydrogens (tertiary/aromatic N) is 1. The molecule has 3 heterocycles. The Kier molecular flexibility index (Phi) is 3.61. The smallest absolute Gasteiger partial charge is 0.213 e. The summed E-state index contributed by atoms with van der Waals surface area (Å²) in [6.07, 6.45) is 7.33. The van der Waals surface area contributed by atoms with E-state index in [0.717, 1.165) is 29.7 Å². The number of quaternary nitrogens is 1. The Labute approximate surface area is 155 Å². The minimum Gasteiger partial charge on any atom is -0.439 e. The van der Waals surface area contributed by atoms with Crippen LogP contribution in [0.1, 0.15) is 49.4 Å². The lowest BCUT2D eigenvalue weighted by Gasteiger charge is -2.36. The normalized spacial score (nSPS) is 24.9. The van der Waals surface area contributed by atoms with Crippen LogP contribution in [-0.4, -0.2) is 4.57 Å². The lowest BCUT2D eigenvalue weighted by Crippen LogP contribution is -2.94. The molecule has 1 spiro atoms. The van der Waals surface area contributed by atoms with E-state index in [9.17, 15) is 0 Å². The van der Waals surface area contributed by atoms with E-state index < -0.39 is 0 Å². The number of hydrogen-bond donors (Lipinski definition) is 1. The van der Waals surface area contributed by atoms with Gasteiger partial charge in [-0.2, -0.15) is 0 Å². The van der Waals surface area contributed by atoms with Gasteiger partial charge in [-0.3, -0.25) is 4.57 Å². The fraction of sp³-hybridized carbons (Fsp3) is 0.391. The number of fused-ring (bicyclic) bond motifs is 4. The molecular formula is C23H27N2O+. The van der Waals surface area contributed by atoms with E-state index in [4.69, 9.17) is 4.42 Å². The van der Waals surface area contributed by atoms with Crippen LogP contribution < -0.4 is 5.32 Å². The minimum atomic E-state index is 0.205. The van der Waals surface area contributed by atoms with Gasteiger partial charge in [-0.05, 0) is 37.8 Å². The van der Waals surface area contributed by atoms with Crippen molar-refractivity contribution in [3.63, 3.8) is 0 Å². The largest absolute Gasteiger partial charge is 0.439 e. The summed E-state index contributed by atoms with van der Waals surface area (Å²) in [5, 5.41) is 2.59. The molecule has 5 rings (SSSR count). The van der Waals surface area contributed by atoms with Gasteiger partial charge < -0.3 is 9.73 Å². The highest BCUT2D eigenvalue weighted by Crippen LogP contribution is 2.41. The predicted octanol–water partition coefficient (Wildman–Crippen LogP) is 4.53. The molecule has 0 atom stereocenters. The average Bonchev–Trinajstić information content (AvgIpc) is 3.25. The van der Waals surface area contributed by atoms with Gasteiger partial charge in [-0.15, -0.1) is 0 Å². The molecule has 1 aliphatic heterocycles. The number of nitrogens with two attached hydrogens (primary N) is 1. The summed E-state index contributed by atoms with van der Waals surface area (Å²) in [5.74, 6) is 2.88. The van der Waals surface area contributed by atoms with Gasteiger partial charge in [0.2, 0.25) is 5.88 Å². The second-order valence-corrected chi connectivity index (χ2v) is 8.22.